The third-order valence-electron chi connectivity index (χ3n) is 1.82. The van der Waals surface area contributed by atoms with Crippen LogP contribution in [0.5, 0.6) is 0 Å². The minimum Gasteiger partial charge on any atom is -0.237 e. The summed E-state index contributed by atoms with van der Waals surface area (Å²) in [5.41, 5.74) is -0.236. The Labute approximate surface area is 67.6 Å². The molecule has 1 atom stereocenters. The van der Waals surface area contributed by atoms with Crippen LogP contribution in [-0.4, -0.2) is 11.5 Å². The summed E-state index contributed by atoms with van der Waals surface area (Å²) in [4.78, 5) is 4.34. The summed E-state index contributed by atoms with van der Waals surface area (Å²) in [5, 5.41) is 8.02. The molecular formula is C8H15N3. The average Bonchev–Trinajstić information content (AvgIpc) is 2.28. The number of azo groups is 1. The molecule has 0 aromatic heterocycles. The molecule has 1 heterocycles. The predicted molar refractivity (Wildman–Crippen MR) is 45.9 cm³/mol. The summed E-state index contributed by atoms with van der Waals surface area (Å²) in [6.45, 7) is 6.09. The highest BCUT2D eigenvalue weighted by Gasteiger charge is 2.25. The molecular weight excluding hydrogens is 138 g/mol. The SMILES string of the molecule is CCCCC1(C)N=NC(C)=N1. The van der Waals surface area contributed by atoms with Gasteiger partial charge in [-0.15, -0.1) is 5.11 Å². The van der Waals surface area contributed by atoms with Gasteiger partial charge in [-0.1, -0.05) is 13.3 Å². The van der Waals surface area contributed by atoms with Crippen LogP contribution in [0.25, 0.3) is 0 Å². The molecule has 0 spiro atoms. The Morgan fingerprint density at radius 2 is 2.18 bits per heavy atom. The van der Waals surface area contributed by atoms with Gasteiger partial charge in [0.15, 0.2) is 5.66 Å². The molecule has 0 saturated carbocycles. The number of unbranched alkanes of at least 4 members (excludes halogenated alkanes) is 1. The van der Waals surface area contributed by atoms with Crippen LogP contribution >= 0.6 is 0 Å². The maximum absolute atomic E-state index is 4.34. The van der Waals surface area contributed by atoms with Crippen molar-refractivity contribution in [1.82, 2.24) is 0 Å². The van der Waals surface area contributed by atoms with Gasteiger partial charge >= 0.3 is 0 Å². The fourth-order valence-electron chi connectivity index (χ4n) is 1.19. The van der Waals surface area contributed by atoms with E-state index in [1.807, 2.05) is 13.8 Å². The Bertz CT molecular complexity index is 196. The zero-order valence-corrected chi connectivity index (χ0v) is 7.46. The van der Waals surface area contributed by atoms with E-state index >= 15 is 0 Å². The molecule has 3 nitrogen and oxygen atoms in total. The van der Waals surface area contributed by atoms with Gasteiger partial charge in [0, 0.05) is 0 Å². The molecule has 62 valence electrons. The highest BCUT2D eigenvalue weighted by molar-refractivity contribution is 5.81. The predicted octanol–water partition coefficient (Wildman–Crippen LogP) is 2.78. The van der Waals surface area contributed by atoms with Gasteiger partial charge in [-0.05, 0) is 26.7 Å². The quantitative estimate of drug-likeness (QED) is 0.598. The van der Waals surface area contributed by atoms with E-state index < -0.39 is 0 Å². The summed E-state index contributed by atoms with van der Waals surface area (Å²) in [6.07, 6.45) is 3.39. The highest BCUT2D eigenvalue weighted by atomic mass is 15.3. The monoisotopic (exact) mass is 153 g/mol. The lowest BCUT2D eigenvalue weighted by molar-refractivity contribution is 0.437. The number of hydrogen-bond acceptors (Lipinski definition) is 3. The molecule has 0 aliphatic carbocycles. The van der Waals surface area contributed by atoms with Crippen molar-refractivity contribution in [2.45, 2.75) is 45.7 Å². The van der Waals surface area contributed by atoms with Gasteiger partial charge < -0.3 is 0 Å². The topological polar surface area (TPSA) is 37.1 Å². The summed E-state index contributed by atoms with van der Waals surface area (Å²) >= 11 is 0. The Kier molecular flexibility index (Phi) is 2.37. The molecule has 0 N–H and O–H groups in total. The van der Waals surface area contributed by atoms with E-state index in [1.165, 1.54) is 12.8 Å². The van der Waals surface area contributed by atoms with Gasteiger partial charge in [0.2, 0.25) is 0 Å². The van der Waals surface area contributed by atoms with Crippen molar-refractivity contribution >= 4 is 5.84 Å². The fraction of sp³-hybridized carbons (Fsp3) is 0.875. The van der Waals surface area contributed by atoms with E-state index in [2.05, 4.69) is 22.1 Å². The molecule has 3 heteroatoms. The lowest BCUT2D eigenvalue weighted by Crippen LogP contribution is -2.15. The van der Waals surface area contributed by atoms with Crippen LogP contribution < -0.4 is 0 Å². The summed E-state index contributed by atoms with van der Waals surface area (Å²) in [5.74, 6) is 0.809. The van der Waals surface area contributed by atoms with Gasteiger partial charge in [0.1, 0.15) is 5.84 Å². The molecule has 11 heavy (non-hydrogen) atoms. The summed E-state index contributed by atoms with van der Waals surface area (Å²) in [6, 6.07) is 0. The van der Waals surface area contributed by atoms with E-state index in [9.17, 15) is 0 Å². The van der Waals surface area contributed by atoms with Gasteiger partial charge in [-0.25, -0.2) is 4.99 Å². The molecule has 1 unspecified atom stereocenters. The van der Waals surface area contributed by atoms with Crippen LogP contribution in [0.2, 0.25) is 0 Å². The molecule has 0 aromatic rings. The highest BCUT2D eigenvalue weighted by Crippen LogP contribution is 2.25. The van der Waals surface area contributed by atoms with Gasteiger partial charge in [-0.2, -0.15) is 5.11 Å². The zero-order chi connectivity index (χ0) is 8.32. The molecule has 0 aromatic carbocycles. The third kappa shape index (κ3) is 2.10. The maximum atomic E-state index is 4.34. The largest absolute Gasteiger partial charge is 0.237 e. The lowest BCUT2D eigenvalue weighted by Gasteiger charge is -2.13. The van der Waals surface area contributed by atoms with Crippen molar-refractivity contribution in [3.63, 3.8) is 0 Å². The lowest BCUT2D eigenvalue weighted by atomic mass is 10.1. The first-order valence-electron chi connectivity index (χ1n) is 4.16. The van der Waals surface area contributed by atoms with Crippen molar-refractivity contribution in [3.05, 3.63) is 0 Å². The minimum atomic E-state index is -0.236. The first-order valence-corrected chi connectivity index (χ1v) is 4.16. The Hall–Kier alpha value is -0.730. The van der Waals surface area contributed by atoms with E-state index in [0.717, 1.165) is 12.3 Å². The van der Waals surface area contributed by atoms with Crippen molar-refractivity contribution in [2.24, 2.45) is 15.2 Å². The smallest absolute Gasteiger partial charge is 0.170 e. The standard InChI is InChI=1S/C8H15N3/c1-4-5-6-8(3)9-7(2)10-11-8/h4-6H2,1-3H3. The fourth-order valence-corrected chi connectivity index (χ4v) is 1.19. The van der Waals surface area contributed by atoms with E-state index in [-0.39, 0.29) is 5.66 Å². The van der Waals surface area contributed by atoms with Crippen LogP contribution in [0.15, 0.2) is 15.2 Å². The third-order valence-corrected chi connectivity index (χ3v) is 1.82. The van der Waals surface area contributed by atoms with Crippen molar-refractivity contribution in [2.75, 3.05) is 0 Å². The maximum Gasteiger partial charge on any atom is 0.170 e. The summed E-state index contributed by atoms with van der Waals surface area (Å²) < 4.78 is 0. The van der Waals surface area contributed by atoms with Crippen LogP contribution in [-0.2, 0) is 0 Å². The number of hydrogen-bond donors (Lipinski definition) is 0. The molecule has 1 aliphatic rings. The van der Waals surface area contributed by atoms with E-state index in [4.69, 9.17) is 0 Å². The normalized spacial score (nSPS) is 29.2. The first kappa shape index (κ1) is 8.37. The molecule has 0 amide bonds. The molecule has 0 saturated heterocycles. The molecule has 1 aliphatic heterocycles. The van der Waals surface area contributed by atoms with Crippen LogP contribution in [0, 0.1) is 0 Å². The molecule has 1 rings (SSSR count). The van der Waals surface area contributed by atoms with E-state index in [0.29, 0.717) is 0 Å². The van der Waals surface area contributed by atoms with Gasteiger partial charge in [0.25, 0.3) is 0 Å². The second-order valence-corrected chi connectivity index (χ2v) is 3.18. The van der Waals surface area contributed by atoms with Gasteiger partial charge in [-0.3, -0.25) is 0 Å². The van der Waals surface area contributed by atoms with Gasteiger partial charge in [0.05, 0.1) is 0 Å². The number of rotatable bonds is 3. The van der Waals surface area contributed by atoms with Crippen LogP contribution in [0.4, 0.5) is 0 Å². The number of aliphatic imine (C=N–C) groups is 1. The average molecular weight is 153 g/mol. The molecule has 0 fully saturated rings. The zero-order valence-electron chi connectivity index (χ0n) is 7.46. The number of amidine groups is 1. The molecule has 0 bridgehead atoms. The first-order chi connectivity index (χ1) is 5.16. The van der Waals surface area contributed by atoms with Crippen molar-refractivity contribution in [1.29, 1.82) is 0 Å². The second kappa shape index (κ2) is 3.11. The van der Waals surface area contributed by atoms with Crippen molar-refractivity contribution in [3.8, 4) is 0 Å². The van der Waals surface area contributed by atoms with E-state index in [1.54, 1.807) is 0 Å². The Morgan fingerprint density at radius 3 is 2.64 bits per heavy atom. The number of nitrogens with zero attached hydrogens (tertiary/aromatic N) is 3. The Balaban J connectivity index is 2.50. The summed E-state index contributed by atoms with van der Waals surface area (Å²) in [7, 11) is 0. The van der Waals surface area contributed by atoms with Crippen molar-refractivity contribution < 1.29 is 0 Å². The van der Waals surface area contributed by atoms with Crippen LogP contribution in [0.1, 0.15) is 40.0 Å². The Morgan fingerprint density at radius 1 is 1.45 bits per heavy atom. The minimum absolute atomic E-state index is 0.236. The second-order valence-electron chi connectivity index (χ2n) is 3.18. The molecule has 0 radical (unpaired) electrons. The van der Waals surface area contributed by atoms with Crippen LogP contribution in [0.3, 0.4) is 0 Å².